The fraction of sp³-hybridized carbons (Fsp3) is 0.655. The van der Waals surface area contributed by atoms with Gasteiger partial charge in [-0.15, -0.1) is 47.2 Å². The zero-order valence-corrected chi connectivity index (χ0v) is 54.3. The third-order valence-corrected chi connectivity index (χ3v) is 39.4. The number of fused-ring (bicyclic) bond motifs is 2. The first-order valence-electron chi connectivity index (χ1n) is 25.5. The first-order chi connectivity index (χ1) is 30.4. The van der Waals surface area contributed by atoms with Gasteiger partial charge in [0, 0.05) is 11.5 Å². The number of halogens is 2. The van der Waals surface area contributed by atoms with Crippen molar-refractivity contribution in [3.8, 4) is 23.0 Å². The minimum atomic E-state index is -2.01. The van der Waals surface area contributed by atoms with Gasteiger partial charge in [0.15, 0.2) is 0 Å². The van der Waals surface area contributed by atoms with E-state index in [1.807, 2.05) is 0 Å². The van der Waals surface area contributed by atoms with Crippen LogP contribution >= 0.6 is 17.0 Å². The van der Waals surface area contributed by atoms with E-state index in [-0.39, 0.29) is 0 Å². The molecular formula is C55H96Cl2O4Si4Zr-2. The second-order valence-electron chi connectivity index (χ2n) is 22.8. The van der Waals surface area contributed by atoms with E-state index in [9.17, 15) is 0 Å². The molecule has 4 nitrogen and oxygen atoms in total. The third kappa shape index (κ3) is 12.9. The standard InChI is InChI=1S/2C27H47O2Si2.CH2.2ClH.Zr/c2*1-18(2)30(19(3)4,20(5)6)28-26-15-13-14-24-25(26)16-17-27(24)29-31(21(7)8,22(9)10)23(11)12;;;;/h2*13-23H,1-12H3;1H2;2*1H;/q2*-1;;;;+2/p-2. The summed E-state index contributed by atoms with van der Waals surface area (Å²) in [6, 6.07) is 21.9. The van der Waals surface area contributed by atoms with Crippen molar-refractivity contribution in [3.63, 3.8) is 0 Å². The Morgan fingerprint density at radius 2 is 0.545 bits per heavy atom. The van der Waals surface area contributed by atoms with Crippen molar-refractivity contribution < 1.29 is 36.6 Å². The molecule has 0 aliphatic rings. The molecule has 0 heterocycles. The predicted octanol–water partition coefficient (Wildman–Crippen LogP) is 20.7. The van der Waals surface area contributed by atoms with Crippen molar-refractivity contribution in [1.82, 2.24) is 0 Å². The maximum absolute atomic E-state index is 7.08. The van der Waals surface area contributed by atoms with Crippen LogP contribution in [-0.2, 0) is 18.9 Å². The first-order valence-corrected chi connectivity index (χ1v) is 42.1. The Labute approximate surface area is 425 Å². The predicted molar refractivity (Wildman–Crippen MR) is 305 cm³/mol. The molecule has 4 aromatic rings. The summed E-state index contributed by atoms with van der Waals surface area (Å²) >= 11 is -1.85. The van der Waals surface area contributed by atoms with Crippen molar-refractivity contribution in [1.29, 1.82) is 0 Å². The van der Waals surface area contributed by atoms with Gasteiger partial charge in [-0.05, 0) is 78.0 Å². The molecule has 0 amide bonds. The summed E-state index contributed by atoms with van der Waals surface area (Å²) in [5.74, 6) is 4.19. The van der Waals surface area contributed by atoms with Crippen molar-refractivity contribution in [2.45, 2.75) is 233 Å². The Morgan fingerprint density at radius 1 is 0.364 bits per heavy atom. The van der Waals surface area contributed by atoms with Gasteiger partial charge in [-0.25, -0.2) is 0 Å². The van der Waals surface area contributed by atoms with Gasteiger partial charge < -0.3 is 17.7 Å². The van der Waals surface area contributed by atoms with Crippen LogP contribution in [0.2, 0.25) is 66.5 Å². The number of benzene rings is 2. The van der Waals surface area contributed by atoms with E-state index >= 15 is 0 Å². The van der Waals surface area contributed by atoms with Crippen molar-refractivity contribution in [2.75, 3.05) is 0 Å². The first kappa shape index (κ1) is 61.2. The van der Waals surface area contributed by atoms with E-state index in [0.29, 0.717) is 66.5 Å². The van der Waals surface area contributed by atoms with E-state index in [1.54, 1.807) is 0 Å². The van der Waals surface area contributed by atoms with Crippen LogP contribution in [-0.4, -0.2) is 37.5 Å². The quantitative estimate of drug-likeness (QED) is 0.0653. The van der Waals surface area contributed by atoms with E-state index in [4.69, 9.17) is 34.7 Å². The second kappa shape index (κ2) is 25.4. The summed E-state index contributed by atoms with van der Waals surface area (Å²) in [6.45, 7) is 56.3. The van der Waals surface area contributed by atoms with Crippen molar-refractivity contribution in [3.05, 3.63) is 60.7 Å². The minimum absolute atomic E-state index is 0.552. The Bertz CT molecular complexity index is 1860. The van der Waals surface area contributed by atoms with Crippen LogP contribution in [0, 0.1) is 0 Å². The molecule has 4 aromatic carbocycles. The Kier molecular flexibility index (Phi) is 23.6. The van der Waals surface area contributed by atoms with E-state index in [1.165, 1.54) is 21.5 Å². The summed E-state index contributed by atoms with van der Waals surface area (Å²) in [4.78, 5) is 0. The van der Waals surface area contributed by atoms with Crippen LogP contribution in [0.1, 0.15) is 166 Å². The average Bonchev–Trinajstić information content (AvgIpc) is 3.79. The number of hydrogen-bond acceptors (Lipinski definition) is 4. The zero-order valence-electron chi connectivity index (χ0n) is 46.3. The molecule has 11 heteroatoms. The molecule has 0 bridgehead atoms. The van der Waals surface area contributed by atoms with E-state index in [0.717, 1.165) is 23.0 Å². The van der Waals surface area contributed by atoms with E-state index in [2.05, 4.69) is 231 Å². The Balaban J connectivity index is 0.000000419. The second-order valence-corrected chi connectivity index (χ2v) is 52.6. The summed E-state index contributed by atoms with van der Waals surface area (Å²) in [5, 5.41) is 4.82. The fourth-order valence-electron chi connectivity index (χ4n) is 12.9. The molecule has 376 valence electrons. The molecule has 0 saturated carbocycles. The molecule has 0 aliphatic heterocycles. The molecule has 0 aliphatic carbocycles. The maximum atomic E-state index is 7.08. The molecule has 4 rings (SSSR count). The van der Waals surface area contributed by atoms with Crippen LogP contribution in [0.4, 0.5) is 0 Å². The van der Waals surface area contributed by atoms with Crippen molar-refractivity contribution in [2.24, 2.45) is 0 Å². The van der Waals surface area contributed by atoms with Crippen LogP contribution in [0.5, 0.6) is 23.0 Å². The number of rotatable bonds is 20. The van der Waals surface area contributed by atoms with Gasteiger partial charge >= 0.3 is 40.1 Å². The Hall–Kier alpha value is -0.939. The van der Waals surface area contributed by atoms with Crippen molar-refractivity contribution >= 4 is 76.1 Å². The van der Waals surface area contributed by atoms with E-state index < -0.39 is 52.1 Å². The molecule has 0 spiro atoms. The van der Waals surface area contributed by atoms with Gasteiger partial charge in [0.25, 0.3) is 0 Å². The molecule has 66 heavy (non-hydrogen) atoms. The van der Waals surface area contributed by atoms with Gasteiger partial charge in [-0.3, -0.25) is 0 Å². The summed E-state index contributed by atoms with van der Waals surface area (Å²) in [7, 11) is 2.23. The molecule has 0 unspecified atom stereocenters. The Morgan fingerprint density at radius 3 is 0.727 bits per heavy atom. The molecule has 0 radical (unpaired) electrons. The summed E-state index contributed by atoms with van der Waals surface area (Å²) in [5.41, 5.74) is 6.64. The molecular weight excluding hydrogens is 999 g/mol. The van der Waals surface area contributed by atoms with Gasteiger partial charge in [0.1, 0.15) is 0 Å². The fourth-order valence-corrected chi connectivity index (χ4v) is 34.0. The van der Waals surface area contributed by atoms with Gasteiger partial charge in [-0.2, -0.15) is 0 Å². The molecule has 0 aromatic heterocycles. The normalized spacial score (nSPS) is 13.2. The molecule has 0 saturated heterocycles. The molecule has 0 N–H and O–H groups in total. The van der Waals surface area contributed by atoms with Gasteiger partial charge in [0.2, 0.25) is 33.3 Å². The SMILES string of the molecule is CC(C)[Si](Oc1c[cH-]c2c(O[Si](C(C)C)(C(C)C)C(C)C)cccc12)(C(C)C)C(C)C.CC(C)[Si](Oc1c[cH-]c2c(O[Si](C(C)C)(C(C)C)C(C)C)cccc12)(C(C)C)C(C)C.[CH2]=[Zr]([Cl])[Cl]. The summed E-state index contributed by atoms with van der Waals surface area (Å²) in [6.07, 6.45) is 0. The monoisotopic (exact) mass is 1090 g/mol. The topological polar surface area (TPSA) is 36.9 Å². The van der Waals surface area contributed by atoms with Gasteiger partial charge in [-0.1, -0.05) is 201 Å². The van der Waals surface area contributed by atoms with Crippen LogP contribution in [0.15, 0.2) is 60.7 Å². The third-order valence-electron chi connectivity index (χ3n) is 15.4. The van der Waals surface area contributed by atoms with Gasteiger partial charge in [0.05, 0.1) is 0 Å². The average molecular weight is 1100 g/mol. The van der Waals surface area contributed by atoms with Crippen LogP contribution < -0.4 is 17.7 Å². The summed E-state index contributed by atoms with van der Waals surface area (Å²) < 4.78 is 31.7. The molecule has 0 atom stereocenters. The van der Waals surface area contributed by atoms with Crippen LogP contribution in [0.3, 0.4) is 0 Å². The van der Waals surface area contributed by atoms with Crippen LogP contribution in [0.25, 0.3) is 21.5 Å². The zero-order chi connectivity index (χ0) is 51.0. The number of hydrogen-bond donors (Lipinski definition) is 0. The molecule has 0 fully saturated rings.